The maximum Gasteiger partial charge on any atom is 0.258 e. The second-order valence-corrected chi connectivity index (χ2v) is 6.90. The van der Waals surface area contributed by atoms with Crippen molar-refractivity contribution in [2.24, 2.45) is 0 Å². The van der Waals surface area contributed by atoms with Crippen LogP contribution in [0.1, 0.15) is 5.82 Å². The number of ether oxygens (including phenoxy) is 2. The number of methoxy groups -OCH3 is 2. The Bertz CT molecular complexity index is 1080. The molecule has 0 aliphatic rings. The number of fused-ring (bicyclic) bond motifs is 1. The number of H-pyrrole nitrogens is 1. The maximum absolute atomic E-state index is 12.4. The van der Waals surface area contributed by atoms with Gasteiger partial charge in [-0.05, 0) is 37.4 Å². The zero-order valence-corrected chi connectivity index (χ0v) is 17.0. The molecule has 3 rings (SSSR count). The number of rotatable bonds is 7. The number of anilines is 1. The first-order valence-electron chi connectivity index (χ1n) is 8.78. The zero-order chi connectivity index (χ0) is 21.0. The van der Waals surface area contributed by atoms with Gasteiger partial charge >= 0.3 is 0 Å². The lowest BCUT2D eigenvalue weighted by atomic mass is 10.2. The highest BCUT2D eigenvalue weighted by atomic mass is 35.5. The average molecular weight is 417 g/mol. The van der Waals surface area contributed by atoms with E-state index in [9.17, 15) is 9.59 Å². The Morgan fingerprint density at radius 3 is 2.48 bits per heavy atom. The predicted molar refractivity (Wildman–Crippen MR) is 112 cm³/mol. The van der Waals surface area contributed by atoms with Gasteiger partial charge in [-0.3, -0.25) is 14.5 Å². The first kappa shape index (κ1) is 20.6. The molecule has 29 heavy (non-hydrogen) atoms. The number of nitrogens with one attached hydrogen (secondary N) is 2. The van der Waals surface area contributed by atoms with E-state index in [0.29, 0.717) is 38.9 Å². The highest BCUT2D eigenvalue weighted by Crippen LogP contribution is 2.29. The number of carbonyl (C=O) groups is 1. The van der Waals surface area contributed by atoms with Crippen molar-refractivity contribution in [2.45, 2.75) is 6.54 Å². The van der Waals surface area contributed by atoms with Crippen molar-refractivity contribution < 1.29 is 14.3 Å². The summed E-state index contributed by atoms with van der Waals surface area (Å²) in [5.41, 5.74) is 0.858. The number of hydrogen-bond acceptors (Lipinski definition) is 6. The lowest BCUT2D eigenvalue weighted by Gasteiger charge is -2.16. The molecule has 1 aromatic heterocycles. The first-order valence-corrected chi connectivity index (χ1v) is 9.16. The van der Waals surface area contributed by atoms with Gasteiger partial charge in [-0.2, -0.15) is 0 Å². The third-order valence-electron chi connectivity index (χ3n) is 4.22. The average Bonchev–Trinajstić information content (AvgIpc) is 2.68. The molecular weight excluding hydrogens is 396 g/mol. The second-order valence-electron chi connectivity index (χ2n) is 6.46. The highest BCUT2D eigenvalue weighted by Gasteiger charge is 2.13. The summed E-state index contributed by atoms with van der Waals surface area (Å²) in [7, 11) is 4.79. The van der Waals surface area contributed by atoms with Crippen molar-refractivity contribution in [3.63, 3.8) is 0 Å². The Labute approximate surface area is 172 Å². The predicted octanol–water partition coefficient (Wildman–Crippen LogP) is 2.66. The van der Waals surface area contributed by atoms with Crippen LogP contribution < -0.4 is 20.3 Å². The monoisotopic (exact) mass is 416 g/mol. The number of aromatic amines is 1. The van der Waals surface area contributed by atoms with Gasteiger partial charge in [-0.25, -0.2) is 4.98 Å². The van der Waals surface area contributed by atoms with E-state index in [-0.39, 0.29) is 24.6 Å². The molecule has 1 amide bonds. The fourth-order valence-corrected chi connectivity index (χ4v) is 3.01. The van der Waals surface area contributed by atoms with Crippen LogP contribution in [0.5, 0.6) is 11.5 Å². The summed E-state index contributed by atoms with van der Waals surface area (Å²) in [6.07, 6.45) is 0. The molecule has 0 atom stereocenters. The Balaban J connectivity index is 1.72. The second kappa shape index (κ2) is 8.93. The van der Waals surface area contributed by atoms with Crippen LogP contribution in [0.3, 0.4) is 0 Å². The molecule has 0 aliphatic heterocycles. The van der Waals surface area contributed by atoms with E-state index < -0.39 is 0 Å². The first-order chi connectivity index (χ1) is 13.9. The van der Waals surface area contributed by atoms with Crippen molar-refractivity contribution in [3.8, 4) is 11.5 Å². The summed E-state index contributed by atoms with van der Waals surface area (Å²) in [5.74, 6) is 1.19. The van der Waals surface area contributed by atoms with E-state index >= 15 is 0 Å². The largest absolute Gasteiger partial charge is 0.493 e. The van der Waals surface area contributed by atoms with Gasteiger partial charge in [0.2, 0.25) is 5.91 Å². The number of aromatic nitrogens is 2. The smallest absolute Gasteiger partial charge is 0.258 e. The van der Waals surface area contributed by atoms with Crippen LogP contribution in [0.15, 0.2) is 41.2 Å². The van der Waals surface area contributed by atoms with E-state index in [4.69, 9.17) is 21.1 Å². The molecule has 0 saturated heterocycles. The minimum Gasteiger partial charge on any atom is -0.493 e. The summed E-state index contributed by atoms with van der Waals surface area (Å²) in [6.45, 7) is 0.407. The van der Waals surface area contributed by atoms with Crippen LogP contribution in [0, 0.1) is 0 Å². The number of nitrogens with zero attached hydrogens (tertiary/aromatic N) is 2. The van der Waals surface area contributed by atoms with Crippen LogP contribution in [0.4, 0.5) is 5.69 Å². The lowest BCUT2D eigenvalue weighted by Crippen LogP contribution is -2.31. The molecule has 152 valence electrons. The molecule has 0 aliphatic carbocycles. The summed E-state index contributed by atoms with van der Waals surface area (Å²) in [5, 5.41) is 3.79. The Kier molecular flexibility index (Phi) is 6.36. The van der Waals surface area contributed by atoms with Gasteiger partial charge in [-0.15, -0.1) is 0 Å². The standard InChI is InChI=1S/C20H21ClN4O4/c1-25(11-19(26)22-13-6-4-12(21)5-7-13)10-18-23-15-9-17(29-3)16(28-2)8-14(15)20(27)24-18/h4-9H,10-11H2,1-3H3,(H,22,26)(H,23,24,27). The van der Waals surface area contributed by atoms with Crippen molar-refractivity contribution in [1.82, 2.24) is 14.9 Å². The summed E-state index contributed by atoms with van der Waals surface area (Å²) in [4.78, 5) is 33.6. The molecule has 1 heterocycles. The number of likely N-dealkylation sites (N-methyl/N-ethyl adjacent to an activating group) is 1. The Morgan fingerprint density at radius 1 is 1.17 bits per heavy atom. The molecule has 0 bridgehead atoms. The van der Waals surface area contributed by atoms with Gasteiger partial charge in [0, 0.05) is 16.8 Å². The third kappa shape index (κ3) is 5.04. The van der Waals surface area contributed by atoms with Crippen molar-refractivity contribution in [1.29, 1.82) is 0 Å². The zero-order valence-electron chi connectivity index (χ0n) is 16.3. The number of benzene rings is 2. The molecule has 9 heteroatoms. The number of amides is 1. The van der Waals surface area contributed by atoms with Crippen LogP contribution in [-0.4, -0.2) is 48.6 Å². The van der Waals surface area contributed by atoms with Gasteiger partial charge in [0.25, 0.3) is 5.56 Å². The van der Waals surface area contributed by atoms with Gasteiger partial charge in [0.05, 0.1) is 38.2 Å². The molecule has 2 N–H and O–H groups in total. The normalized spacial score (nSPS) is 10.9. The molecule has 0 fully saturated rings. The topological polar surface area (TPSA) is 96.5 Å². The van der Waals surface area contributed by atoms with Crippen LogP contribution in [0.2, 0.25) is 5.02 Å². The minimum atomic E-state index is -0.287. The highest BCUT2D eigenvalue weighted by molar-refractivity contribution is 6.30. The van der Waals surface area contributed by atoms with Gasteiger partial charge in [0.15, 0.2) is 11.5 Å². The fraction of sp³-hybridized carbons (Fsp3) is 0.250. The molecule has 0 spiro atoms. The van der Waals surface area contributed by atoms with Crippen molar-refractivity contribution in [2.75, 3.05) is 33.1 Å². The number of halogens is 1. The Morgan fingerprint density at radius 2 is 1.83 bits per heavy atom. The molecular formula is C20H21ClN4O4. The molecule has 3 aromatic rings. The molecule has 0 radical (unpaired) electrons. The van der Waals surface area contributed by atoms with E-state index in [1.165, 1.54) is 14.2 Å². The fourth-order valence-electron chi connectivity index (χ4n) is 2.88. The quantitative estimate of drug-likeness (QED) is 0.614. The van der Waals surface area contributed by atoms with Gasteiger partial charge < -0.3 is 19.8 Å². The van der Waals surface area contributed by atoms with Gasteiger partial charge in [0.1, 0.15) is 5.82 Å². The van der Waals surface area contributed by atoms with Crippen molar-refractivity contribution >= 4 is 34.1 Å². The number of carbonyl (C=O) groups excluding carboxylic acids is 1. The molecule has 2 aromatic carbocycles. The van der Waals surface area contributed by atoms with E-state index in [0.717, 1.165) is 0 Å². The SMILES string of the molecule is COc1cc2nc(CN(C)CC(=O)Nc3ccc(Cl)cc3)[nH]c(=O)c2cc1OC. The van der Waals surface area contributed by atoms with E-state index in [2.05, 4.69) is 15.3 Å². The third-order valence-corrected chi connectivity index (χ3v) is 4.47. The van der Waals surface area contributed by atoms with E-state index in [1.807, 2.05) is 0 Å². The summed E-state index contributed by atoms with van der Waals surface area (Å²) >= 11 is 5.84. The van der Waals surface area contributed by atoms with E-state index in [1.54, 1.807) is 48.3 Å². The molecule has 0 saturated carbocycles. The van der Waals surface area contributed by atoms with Crippen LogP contribution in [-0.2, 0) is 11.3 Å². The lowest BCUT2D eigenvalue weighted by molar-refractivity contribution is -0.117. The molecule has 8 nitrogen and oxygen atoms in total. The van der Waals surface area contributed by atoms with Crippen LogP contribution >= 0.6 is 11.6 Å². The maximum atomic E-state index is 12.4. The number of hydrogen-bond donors (Lipinski definition) is 2. The summed E-state index contributed by atoms with van der Waals surface area (Å²) < 4.78 is 10.5. The molecule has 0 unspecified atom stereocenters. The van der Waals surface area contributed by atoms with Crippen molar-refractivity contribution in [3.05, 3.63) is 57.6 Å². The summed E-state index contributed by atoms with van der Waals surface area (Å²) in [6, 6.07) is 10.1. The Hall–Kier alpha value is -3.10. The van der Waals surface area contributed by atoms with Crippen LogP contribution in [0.25, 0.3) is 10.9 Å². The van der Waals surface area contributed by atoms with Gasteiger partial charge in [-0.1, -0.05) is 11.6 Å². The minimum absolute atomic E-state index is 0.121.